The number of fused-ring (bicyclic) bond motifs is 1. The minimum absolute atomic E-state index is 0.0457. The highest BCUT2D eigenvalue weighted by molar-refractivity contribution is 8.00. The monoisotopic (exact) mass is 420 g/mol. The maximum atomic E-state index is 12.3. The normalized spacial score (nSPS) is 17.2. The lowest BCUT2D eigenvalue weighted by Crippen LogP contribution is -2.37. The van der Waals surface area contributed by atoms with Gasteiger partial charge in [0.15, 0.2) is 0 Å². The highest BCUT2D eigenvalue weighted by Gasteiger charge is 2.21. The summed E-state index contributed by atoms with van der Waals surface area (Å²) in [5.74, 6) is 0.362. The van der Waals surface area contributed by atoms with Crippen LogP contribution < -0.4 is 5.32 Å². The van der Waals surface area contributed by atoms with Gasteiger partial charge in [-0.1, -0.05) is 61.4 Å². The van der Waals surface area contributed by atoms with E-state index in [2.05, 4.69) is 40.6 Å². The Kier molecular flexibility index (Phi) is 7.03. The predicted octanol–water partition coefficient (Wildman–Crippen LogP) is 4.05. The van der Waals surface area contributed by atoms with Gasteiger partial charge in [-0.25, -0.2) is 4.98 Å². The van der Waals surface area contributed by atoms with Gasteiger partial charge < -0.3 is 5.32 Å². The van der Waals surface area contributed by atoms with Gasteiger partial charge in [0.2, 0.25) is 5.91 Å². The smallest absolute Gasteiger partial charge is 0.230 e. The third-order valence-electron chi connectivity index (χ3n) is 5.89. The van der Waals surface area contributed by atoms with E-state index in [0.717, 1.165) is 50.2 Å². The van der Waals surface area contributed by atoms with Crippen LogP contribution in [0.3, 0.4) is 0 Å². The van der Waals surface area contributed by atoms with Gasteiger partial charge in [0.05, 0.1) is 11.3 Å². The van der Waals surface area contributed by atoms with E-state index in [1.807, 2.05) is 12.1 Å². The highest BCUT2D eigenvalue weighted by Crippen LogP contribution is 2.27. The van der Waals surface area contributed by atoms with Crippen LogP contribution >= 0.6 is 11.8 Å². The molecule has 1 aromatic heterocycles. The van der Waals surface area contributed by atoms with Crippen LogP contribution in [-0.4, -0.2) is 34.1 Å². The molecule has 2 aliphatic rings. The molecule has 156 valence electrons. The van der Waals surface area contributed by atoms with Gasteiger partial charge in [0, 0.05) is 37.8 Å². The van der Waals surface area contributed by atoms with E-state index < -0.39 is 0 Å². The molecule has 5 nitrogen and oxygen atoms in total. The zero-order valence-corrected chi connectivity index (χ0v) is 18.1. The Morgan fingerprint density at radius 1 is 1.23 bits per heavy atom. The van der Waals surface area contributed by atoms with Crippen LogP contribution in [0.4, 0.5) is 0 Å². The fourth-order valence-electron chi connectivity index (χ4n) is 4.33. The first kappa shape index (κ1) is 20.9. The number of rotatable bonds is 6. The summed E-state index contributed by atoms with van der Waals surface area (Å²) >= 11 is 1.39. The van der Waals surface area contributed by atoms with Crippen LogP contribution in [-0.2, 0) is 24.3 Å². The number of thioether (sulfide) groups is 1. The topological polar surface area (TPSA) is 69.0 Å². The molecule has 0 spiro atoms. The van der Waals surface area contributed by atoms with Crippen LogP contribution in [0.2, 0.25) is 0 Å². The second-order valence-corrected chi connectivity index (χ2v) is 9.16. The zero-order valence-electron chi connectivity index (χ0n) is 17.3. The highest BCUT2D eigenvalue weighted by atomic mass is 32.2. The van der Waals surface area contributed by atoms with E-state index in [4.69, 9.17) is 4.98 Å². The van der Waals surface area contributed by atoms with Gasteiger partial charge >= 0.3 is 0 Å². The summed E-state index contributed by atoms with van der Waals surface area (Å²) in [7, 11) is 0. The van der Waals surface area contributed by atoms with Crippen LogP contribution in [0.5, 0.6) is 0 Å². The fourth-order valence-corrected chi connectivity index (χ4v) is 5.11. The third kappa shape index (κ3) is 5.41. The van der Waals surface area contributed by atoms with E-state index in [1.54, 1.807) is 0 Å². The van der Waals surface area contributed by atoms with E-state index in [1.165, 1.54) is 36.6 Å². The van der Waals surface area contributed by atoms with Crippen molar-refractivity contribution in [1.29, 1.82) is 5.26 Å². The molecule has 1 N–H and O–H groups in total. The van der Waals surface area contributed by atoms with Crippen molar-refractivity contribution in [2.24, 2.45) is 0 Å². The van der Waals surface area contributed by atoms with E-state index >= 15 is 0 Å². The second kappa shape index (κ2) is 10.1. The molecule has 0 unspecified atom stereocenters. The predicted molar refractivity (Wildman–Crippen MR) is 119 cm³/mol. The molecular formula is C24H28N4OS. The quantitative estimate of drug-likeness (QED) is 0.714. The van der Waals surface area contributed by atoms with Crippen molar-refractivity contribution in [3.8, 4) is 6.07 Å². The first-order valence-electron chi connectivity index (χ1n) is 10.8. The number of nitrogens with one attached hydrogen (secondary N) is 1. The number of aromatic nitrogens is 1. The summed E-state index contributed by atoms with van der Waals surface area (Å²) in [4.78, 5) is 19.5. The average Bonchev–Trinajstić information content (AvgIpc) is 2.78. The fraction of sp³-hybridized carbons (Fsp3) is 0.458. The molecule has 0 saturated heterocycles. The first-order chi connectivity index (χ1) is 14.7. The lowest BCUT2D eigenvalue weighted by Gasteiger charge is -2.28. The average molecular weight is 421 g/mol. The Morgan fingerprint density at radius 2 is 2.03 bits per heavy atom. The summed E-state index contributed by atoms with van der Waals surface area (Å²) in [5.41, 5.74) is 4.06. The number of carbonyl (C=O) groups is 1. The molecule has 0 bridgehead atoms. The number of hydrogen-bond acceptors (Lipinski definition) is 5. The number of amides is 1. The second-order valence-electron chi connectivity index (χ2n) is 8.20. The van der Waals surface area contributed by atoms with Crippen molar-refractivity contribution in [3.05, 3.63) is 58.8 Å². The van der Waals surface area contributed by atoms with Gasteiger partial charge in [0.25, 0.3) is 0 Å². The maximum absolute atomic E-state index is 12.3. The largest absolute Gasteiger partial charge is 0.353 e. The molecule has 1 aliphatic carbocycles. The molecule has 2 aromatic rings. The van der Waals surface area contributed by atoms with Crippen LogP contribution in [0.25, 0.3) is 0 Å². The van der Waals surface area contributed by atoms with Crippen molar-refractivity contribution < 1.29 is 4.79 Å². The van der Waals surface area contributed by atoms with E-state index in [9.17, 15) is 10.1 Å². The lowest BCUT2D eigenvalue weighted by atomic mass is 9.95. The Labute approximate surface area is 182 Å². The van der Waals surface area contributed by atoms with Gasteiger partial charge in [0.1, 0.15) is 11.1 Å². The Morgan fingerprint density at radius 3 is 2.80 bits per heavy atom. The van der Waals surface area contributed by atoms with E-state index in [-0.39, 0.29) is 5.91 Å². The number of nitrogens with zero attached hydrogens (tertiary/aromatic N) is 3. The molecule has 1 aromatic carbocycles. The third-order valence-corrected chi connectivity index (χ3v) is 6.89. The Hall–Kier alpha value is -2.36. The zero-order chi connectivity index (χ0) is 20.8. The summed E-state index contributed by atoms with van der Waals surface area (Å²) in [5, 5.41) is 13.5. The molecule has 0 radical (unpaired) electrons. The first-order valence-corrected chi connectivity index (χ1v) is 11.8. The Balaban J connectivity index is 1.37. The SMILES string of the molecule is N#Cc1cc2c(nc1SCC(=O)NC1CCCCC1)CCN(Cc1ccccc1)C2. The number of carbonyl (C=O) groups excluding carboxylic acids is 1. The minimum atomic E-state index is 0.0457. The molecule has 1 fully saturated rings. The number of pyridine rings is 1. The molecular weight excluding hydrogens is 392 g/mol. The van der Waals surface area contributed by atoms with Gasteiger partial charge in [-0.2, -0.15) is 5.26 Å². The van der Waals surface area contributed by atoms with Crippen LogP contribution in [0, 0.1) is 11.3 Å². The van der Waals surface area contributed by atoms with Crippen LogP contribution in [0.1, 0.15) is 54.5 Å². The molecule has 1 saturated carbocycles. The van der Waals surface area contributed by atoms with Crippen LogP contribution in [0.15, 0.2) is 41.4 Å². The molecule has 6 heteroatoms. The van der Waals surface area contributed by atoms with Crippen molar-refractivity contribution in [2.45, 2.75) is 62.7 Å². The molecule has 1 amide bonds. The summed E-state index contributed by atoms with van der Waals surface area (Å²) < 4.78 is 0. The van der Waals surface area contributed by atoms with Gasteiger partial charge in [-0.15, -0.1) is 0 Å². The van der Waals surface area contributed by atoms with Crippen molar-refractivity contribution >= 4 is 17.7 Å². The summed E-state index contributed by atoms with van der Waals surface area (Å²) in [6, 6.07) is 15.0. The molecule has 0 atom stereocenters. The summed E-state index contributed by atoms with van der Waals surface area (Å²) in [6.45, 7) is 2.66. The number of nitriles is 1. The molecule has 30 heavy (non-hydrogen) atoms. The Bertz CT molecular complexity index is 919. The van der Waals surface area contributed by atoms with E-state index in [0.29, 0.717) is 22.4 Å². The summed E-state index contributed by atoms with van der Waals surface area (Å²) in [6.07, 6.45) is 6.70. The van der Waals surface area contributed by atoms with Crippen molar-refractivity contribution in [1.82, 2.24) is 15.2 Å². The minimum Gasteiger partial charge on any atom is -0.353 e. The number of benzene rings is 1. The maximum Gasteiger partial charge on any atom is 0.230 e. The molecule has 1 aliphatic heterocycles. The molecule has 4 rings (SSSR count). The number of hydrogen-bond donors (Lipinski definition) is 1. The van der Waals surface area contributed by atoms with Gasteiger partial charge in [-0.3, -0.25) is 9.69 Å². The standard InChI is InChI=1S/C24H28N4OS/c25-14-19-13-20-16-28(15-18-7-3-1-4-8-18)12-11-22(20)27-24(19)30-17-23(29)26-21-9-5-2-6-10-21/h1,3-4,7-8,13,21H,2,5-6,9-12,15-17H2,(H,26,29). The lowest BCUT2D eigenvalue weighted by molar-refractivity contribution is -0.119. The van der Waals surface area contributed by atoms with Crippen molar-refractivity contribution in [2.75, 3.05) is 12.3 Å². The van der Waals surface area contributed by atoms with Gasteiger partial charge in [-0.05, 0) is 30.0 Å². The van der Waals surface area contributed by atoms with Crippen molar-refractivity contribution in [3.63, 3.8) is 0 Å². The molecule has 2 heterocycles.